The molecule has 1 saturated heterocycles. The molecule has 2 heterocycles. The summed E-state index contributed by atoms with van der Waals surface area (Å²) in [6, 6.07) is -1.56. The van der Waals surface area contributed by atoms with Gasteiger partial charge in [0.15, 0.2) is 16.6 Å². The minimum Gasteiger partial charge on any atom is -0.444 e. The first-order valence-corrected chi connectivity index (χ1v) is 21.5. The quantitative estimate of drug-likeness (QED) is 0.261. The summed E-state index contributed by atoms with van der Waals surface area (Å²) in [4.78, 5) is 43.1. The third kappa shape index (κ3) is 9.40. The van der Waals surface area contributed by atoms with Crippen molar-refractivity contribution in [2.24, 2.45) is 0 Å². The normalized spacial score (nSPS) is 23.2. The van der Waals surface area contributed by atoms with Crippen molar-refractivity contribution >= 4 is 34.7 Å². The second-order valence-corrected chi connectivity index (χ2v) is 26.7. The number of rotatable bonds is 7. The molecular formula is C32H60N2O7Si2. The number of nitrogens with zero attached hydrogens (tertiary/aromatic N) is 2. The van der Waals surface area contributed by atoms with Gasteiger partial charge in [0.1, 0.15) is 11.2 Å². The first kappa shape index (κ1) is 37.5. The molecule has 0 bridgehead atoms. The molecule has 0 saturated carbocycles. The molecule has 11 heteroatoms. The summed E-state index contributed by atoms with van der Waals surface area (Å²) in [5.74, 6) is -0.456. The SMILES string of the molecule is CC(C)(C)OC(=O)N1C(=O)C=C[C@H]1[C@H]1CC[C@H]([C@@H](CO[Si](C)(C)C(C)(C)C)O[Si](C)(C)C(C)(C)C)N1C(=O)OC(C)(C)C. The minimum absolute atomic E-state index is 0.000504. The molecule has 0 aromatic carbocycles. The molecule has 1 fully saturated rings. The van der Waals surface area contributed by atoms with Crippen LogP contribution < -0.4 is 0 Å². The second-order valence-electron chi connectivity index (χ2n) is 17.1. The molecule has 2 aliphatic rings. The van der Waals surface area contributed by atoms with Crippen LogP contribution in [0.5, 0.6) is 0 Å². The van der Waals surface area contributed by atoms with E-state index in [1.54, 1.807) is 31.7 Å². The zero-order valence-electron chi connectivity index (χ0n) is 29.8. The number of carbonyl (C=O) groups is 3. The summed E-state index contributed by atoms with van der Waals surface area (Å²) in [7, 11) is -4.46. The second kappa shape index (κ2) is 12.6. The molecular weight excluding hydrogens is 581 g/mol. The van der Waals surface area contributed by atoms with Gasteiger partial charge in [0, 0.05) is 6.08 Å². The number of carbonyl (C=O) groups excluding carboxylic acids is 3. The van der Waals surface area contributed by atoms with E-state index in [2.05, 4.69) is 67.7 Å². The summed E-state index contributed by atoms with van der Waals surface area (Å²) in [6.07, 6.45) is 2.63. The van der Waals surface area contributed by atoms with Crippen LogP contribution in [0.25, 0.3) is 0 Å². The van der Waals surface area contributed by atoms with Crippen molar-refractivity contribution < 1.29 is 32.7 Å². The number of ether oxygens (including phenoxy) is 2. The fourth-order valence-electron chi connectivity index (χ4n) is 4.75. The predicted molar refractivity (Wildman–Crippen MR) is 176 cm³/mol. The zero-order chi connectivity index (χ0) is 33.6. The molecule has 3 amide bonds. The lowest BCUT2D eigenvalue weighted by Crippen LogP contribution is -2.59. The van der Waals surface area contributed by atoms with Crippen LogP contribution in [0.1, 0.15) is 95.9 Å². The van der Waals surface area contributed by atoms with Crippen LogP contribution in [0.4, 0.5) is 9.59 Å². The van der Waals surface area contributed by atoms with Crippen molar-refractivity contribution in [1.82, 2.24) is 9.80 Å². The minimum atomic E-state index is -2.31. The Hall–Kier alpha value is -1.70. The Morgan fingerprint density at radius 2 is 1.30 bits per heavy atom. The van der Waals surface area contributed by atoms with Crippen molar-refractivity contribution in [2.45, 2.75) is 168 Å². The number of imide groups is 1. The van der Waals surface area contributed by atoms with E-state index in [1.165, 1.54) is 6.08 Å². The topological polar surface area (TPSA) is 94.6 Å². The van der Waals surface area contributed by atoms with E-state index in [0.717, 1.165) is 4.90 Å². The van der Waals surface area contributed by atoms with Gasteiger partial charge in [-0.2, -0.15) is 0 Å². The van der Waals surface area contributed by atoms with Gasteiger partial charge in [-0.1, -0.05) is 47.6 Å². The lowest BCUT2D eigenvalue weighted by molar-refractivity contribution is -0.126. The van der Waals surface area contributed by atoms with Crippen LogP contribution in [0.15, 0.2) is 12.2 Å². The third-order valence-electron chi connectivity index (χ3n) is 9.13. The standard InChI is InChI=1S/C32H60N2O7Si2/c1-29(2,3)39-27(36)33-22(23-19-20-26(35)34(23)28(37)40-30(4,5)6)17-18-24(33)25(41-43(15,16)32(10,11)12)21-38-42(13,14)31(7,8)9/h19-20,22-25H,17-18,21H2,1-16H3/t22-,23+,24-,25-/m1/s1. The molecule has 0 spiro atoms. The fourth-order valence-corrected chi connectivity index (χ4v) is 7.10. The van der Waals surface area contributed by atoms with E-state index in [-0.39, 0.29) is 16.1 Å². The Bertz CT molecular complexity index is 1060. The Kier molecular flexibility index (Phi) is 11.0. The van der Waals surface area contributed by atoms with E-state index in [9.17, 15) is 14.4 Å². The maximum atomic E-state index is 14.0. The van der Waals surface area contributed by atoms with Crippen LogP contribution >= 0.6 is 0 Å². The molecule has 0 aliphatic carbocycles. The van der Waals surface area contributed by atoms with E-state index >= 15 is 0 Å². The van der Waals surface area contributed by atoms with Gasteiger partial charge in [-0.05, 0) is 90.6 Å². The van der Waals surface area contributed by atoms with Crippen molar-refractivity contribution in [3.63, 3.8) is 0 Å². The molecule has 0 aromatic heterocycles. The third-order valence-corrected chi connectivity index (χ3v) is 18.1. The Morgan fingerprint density at radius 3 is 1.77 bits per heavy atom. The summed E-state index contributed by atoms with van der Waals surface area (Å²) in [6.45, 7) is 33.2. The highest BCUT2D eigenvalue weighted by molar-refractivity contribution is 6.74. The summed E-state index contributed by atoms with van der Waals surface area (Å²) >= 11 is 0. The molecule has 0 aromatic rings. The van der Waals surface area contributed by atoms with Crippen LogP contribution in [0.3, 0.4) is 0 Å². The van der Waals surface area contributed by atoms with Gasteiger partial charge in [-0.25, -0.2) is 14.5 Å². The Labute approximate surface area is 263 Å². The first-order chi connectivity index (χ1) is 19.1. The van der Waals surface area contributed by atoms with Gasteiger partial charge in [0.25, 0.3) is 5.91 Å². The number of hydrogen-bond donors (Lipinski definition) is 0. The lowest BCUT2D eigenvalue weighted by Gasteiger charge is -2.45. The fraction of sp³-hybridized carbons (Fsp3) is 0.844. The van der Waals surface area contributed by atoms with Crippen LogP contribution in [0.2, 0.25) is 36.3 Å². The monoisotopic (exact) mass is 640 g/mol. The van der Waals surface area contributed by atoms with Gasteiger partial charge >= 0.3 is 12.2 Å². The molecule has 4 atom stereocenters. The van der Waals surface area contributed by atoms with Crippen molar-refractivity contribution in [2.75, 3.05) is 6.61 Å². The van der Waals surface area contributed by atoms with Gasteiger partial charge in [0.05, 0.1) is 30.8 Å². The van der Waals surface area contributed by atoms with Gasteiger partial charge in [0.2, 0.25) is 0 Å². The van der Waals surface area contributed by atoms with E-state index in [0.29, 0.717) is 19.4 Å². The number of amides is 3. The highest BCUT2D eigenvalue weighted by Gasteiger charge is 2.52. The van der Waals surface area contributed by atoms with Crippen LogP contribution in [0, 0.1) is 0 Å². The van der Waals surface area contributed by atoms with E-state index in [1.807, 2.05) is 20.8 Å². The smallest absolute Gasteiger partial charge is 0.417 e. The van der Waals surface area contributed by atoms with Crippen LogP contribution in [-0.4, -0.2) is 86.6 Å². The van der Waals surface area contributed by atoms with E-state index < -0.39 is 64.1 Å². The highest BCUT2D eigenvalue weighted by Crippen LogP contribution is 2.42. The molecule has 2 aliphatic heterocycles. The van der Waals surface area contributed by atoms with Gasteiger partial charge in [-0.3, -0.25) is 9.69 Å². The Morgan fingerprint density at radius 1 is 0.814 bits per heavy atom. The summed E-state index contributed by atoms with van der Waals surface area (Å²) in [5, 5.41) is -0.0639. The van der Waals surface area contributed by atoms with Gasteiger partial charge in [-0.15, -0.1) is 0 Å². The van der Waals surface area contributed by atoms with Crippen molar-refractivity contribution in [3.05, 3.63) is 12.2 Å². The molecule has 2 rings (SSSR count). The zero-order valence-corrected chi connectivity index (χ0v) is 31.8. The molecule has 0 unspecified atom stereocenters. The largest absolute Gasteiger partial charge is 0.444 e. The number of likely N-dealkylation sites (tertiary alicyclic amines) is 1. The first-order valence-electron chi connectivity index (χ1n) is 15.7. The molecule has 0 radical (unpaired) electrons. The molecule has 43 heavy (non-hydrogen) atoms. The average Bonchev–Trinajstić information content (AvgIpc) is 3.36. The summed E-state index contributed by atoms with van der Waals surface area (Å²) in [5.41, 5.74) is -1.52. The van der Waals surface area contributed by atoms with Crippen molar-refractivity contribution in [3.8, 4) is 0 Å². The highest BCUT2D eigenvalue weighted by atomic mass is 28.4. The summed E-state index contributed by atoms with van der Waals surface area (Å²) < 4.78 is 25.4. The number of hydrogen-bond acceptors (Lipinski definition) is 7. The van der Waals surface area contributed by atoms with E-state index in [4.69, 9.17) is 18.3 Å². The van der Waals surface area contributed by atoms with Gasteiger partial charge < -0.3 is 18.3 Å². The molecule has 248 valence electrons. The maximum Gasteiger partial charge on any atom is 0.417 e. The van der Waals surface area contributed by atoms with Crippen LogP contribution in [-0.2, 0) is 23.1 Å². The average molecular weight is 641 g/mol. The molecule has 0 N–H and O–H groups in total. The Balaban J connectivity index is 2.58. The lowest BCUT2D eigenvalue weighted by atomic mass is 10.1. The maximum absolute atomic E-state index is 14.0. The predicted octanol–water partition coefficient (Wildman–Crippen LogP) is 7.87. The molecule has 9 nitrogen and oxygen atoms in total. The van der Waals surface area contributed by atoms with Crippen molar-refractivity contribution in [1.29, 1.82) is 0 Å².